The normalized spacial score (nSPS) is 22.7. The highest BCUT2D eigenvalue weighted by atomic mass is 32.1. The van der Waals surface area contributed by atoms with Gasteiger partial charge in [0.2, 0.25) is 0 Å². The highest BCUT2D eigenvalue weighted by molar-refractivity contribution is 7.81. The van der Waals surface area contributed by atoms with E-state index >= 15 is 0 Å². The van der Waals surface area contributed by atoms with Gasteiger partial charge in [-0.3, -0.25) is 4.79 Å². The number of ether oxygens (including phenoxy) is 1. The number of piperidine rings is 1. The molecule has 0 saturated carbocycles. The van der Waals surface area contributed by atoms with Crippen LogP contribution in [0.4, 0.5) is 0 Å². The van der Waals surface area contributed by atoms with Crippen molar-refractivity contribution in [3.63, 3.8) is 0 Å². The number of nitrogens with zero attached hydrogens (tertiary/aromatic N) is 1. The van der Waals surface area contributed by atoms with Crippen LogP contribution in [-0.4, -0.2) is 51.6 Å². The maximum absolute atomic E-state index is 9.87. The number of unbranched alkanes of at least 4 members (excludes halogenated alkanes) is 2. The van der Waals surface area contributed by atoms with Crippen molar-refractivity contribution < 1.29 is 14.6 Å². The molecular weight excluding hydrogens is 480 g/mol. The van der Waals surface area contributed by atoms with Gasteiger partial charge >= 0.3 is 5.97 Å². The molecule has 3 heterocycles. The van der Waals surface area contributed by atoms with Crippen molar-refractivity contribution in [2.45, 2.75) is 90.0 Å². The zero-order valence-corrected chi connectivity index (χ0v) is 23.4. The van der Waals surface area contributed by atoms with Gasteiger partial charge in [0.1, 0.15) is 5.75 Å². The van der Waals surface area contributed by atoms with Gasteiger partial charge in [-0.15, -0.1) is 0 Å². The molecule has 3 atom stereocenters. The summed E-state index contributed by atoms with van der Waals surface area (Å²) in [6.07, 6.45) is 13.0. The zero-order chi connectivity index (χ0) is 26.4. The lowest BCUT2D eigenvalue weighted by molar-refractivity contribution is -0.137. The number of hydrogen-bond donors (Lipinski definition) is 2. The highest BCUT2D eigenvalue weighted by Gasteiger charge is 2.36. The number of aromatic nitrogens is 1. The van der Waals surface area contributed by atoms with Gasteiger partial charge in [0.05, 0.1) is 6.61 Å². The summed E-state index contributed by atoms with van der Waals surface area (Å²) in [6, 6.07) is 9.18. The van der Waals surface area contributed by atoms with E-state index in [4.69, 9.17) is 22.1 Å². The zero-order valence-electron chi connectivity index (χ0n) is 22.6. The van der Waals surface area contributed by atoms with Crippen molar-refractivity contribution >= 4 is 29.1 Å². The van der Waals surface area contributed by atoms with Gasteiger partial charge in [-0.1, -0.05) is 50.2 Å². The van der Waals surface area contributed by atoms with Crippen molar-refractivity contribution in [1.82, 2.24) is 9.88 Å². The Labute approximate surface area is 227 Å². The summed E-state index contributed by atoms with van der Waals surface area (Å²) in [7, 11) is 0. The van der Waals surface area contributed by atoms with Crippen LogP contribution in [0.15, 0.2) is 30.3 Å². The number of fused-ring (bicyclic) bond motifs is 2. The van der Waals surface area contributed by atoms with E-state index in [1.165, 1.54) is 66.9 Å². The Balaban J connectivity index is 0.000000349. The van der Waals surface area contributed by atoms with Crippen LogP contribution >= 0.6 is 12.2 Å². The van der Waals surface area contributed by atoms with Gasteiger partial charge in [-0.05, 0) is 94.3 Å². The number of carbonyl (C=O) groups is 1. The number of allylic oxidation sites excluding steroid dienone is 1. The molecule has 2 aromatic rings. The molecule has 6 heteroatoms. The third kappa shape index (κ3) is 6.53. The number of hydrogen-bond acceptors (Lipinski definition) is 4. The molecule has 37 heavy (non-hydrogen) atoms. The van der Waals surface area contributed by atoms with Crippen molar-refractivity contribution in [3.8, 4) is 5.75 Å². The Morgan fingerprint density at radius 1 is 1.22 bits per heavy atom. The van der Waals surface area contributed by atoms with Crippen molar-refractivity contribution in [2.24, 2.45) is 0 Å². The number of carboxylic acid groups (broad SMARTS) is 1. The van der Waals surface area contributed by atoms with Gasteiger partial charge in [0.25, 0.3) is 0 Å². The topological polar surface area (TPSA) is 65.6 Å². The Kier molecular flexibility index (Phi) is 9.60. The van der Waals surface area contributed by atoms with Crippen LogP contribution in [-0.2, 0) is 4.79 Å². The standard InChI is InChI=1S/C25H30N2OS.C6H12O2/c1-3-28-20-8-4-6-17(15-20)21-9-10-22-24(25(21)29)23(16(2)26-22)18-11-13-27-12-5-7-19(27)14-18;1-2-3-4-5-6(7)8/h4,6,8-10,15,18-19,21,26H,3,5,7,11-14H2,1-2H3;2-5H2,1H3,(H,7,8). The highest BCUT2D eigenvalue weighted by Crippen LogP contribution is 2.43. The second kappa shape index (κ2) is 12.9. The van der Waals surface area contributed by atoms with Crippen LogP contribution in [0.2, 0.25) is 0 Å². The minimum absolute atomic E-state index is 0.137. The molecule has 200 valence electrons. The lowest BCUT2D eigenvalue weighted by Crippen LogP contribution is -2.37. The van der Waals surface area contributed by atoms with E-state index < -0.39 is 5.97 Å². The van der Waals surface area contributed by atoms with E-state index in [1.54, 1.807) is 0 Å². The van der Waals surface area contributed by atoms with Gasteiger partial charge < -0.3 is 19.7 Å². The molecule has 1 aromatic heterocycles. The number of nitrogens with one attached hydrogen (secondary N) is 1. The third-order valence-corrected chi connectivity index (χ3v) is 8.46. The number of aromatic amines is 1. The molecular formula is C31H42N2O3S. The quantitative estimate of drug-likeness (QED) is 0.282. The number of carboxylic acids is 1. The summed E-state index contributed by atoms with van der Waals surface area (Å²) in [5, 5.41) is 8.14. The fraction of sp³-hybridized carbons (Fsp3) is 0.548. The molecule has 2 N–H and O–H groups in total. The third-order valence-electron chi connectivity index (χ3n) is 8.00. The molecule has 3 unspecified atom stereocenters. The second-order valence-electron chi connectivity index (χ2n) is 10.6. The van der Waals surface area contributed by atoms with E-state index in [0.29, 0.717) is 18.9 Å². The first kappa shape index (κ1) is 27.6. The smallest absolute Gasteiger partial charge is 0.303 e. The molecule has 2 aliphatic heterocycles. The van der Waals surface area contributed by atoms with Crippen LogP contribution < -0.4 is 4.74 Å². The Bertz CT molecular complexity index is 1120. The second-order valence-corrected chi connectivity index (χ2v) is 11.0. The molecule has 0 bridgehead atoms. The van der Waals surface area contributed by atoms with E-state index in [0.717, 1.165) is 35.9 Å². The van der Waals surface area contributed by atoms with Crippen molar-refractivity contribution in [3.05, 3.63) is 58.4 Å². The summed E-state index contributed by atoms with van der Waals surface area (Å²) >= 11 is 6.11. The van der Waals surface area contributed by atoms with Gasteiger partial charge in [-0.25, -0.2) is 0 Å². The minimum Gasteiger partial charge on any atom is -0.494 e. The van der Waals surface area contributed by atoms with Crippen molar-refractivity contribution in [1.29, 1.82) is 0 Å². The first-order valence-electron chi connectivity index (χ1n) is 14.1. The van der Waals surface area contributed by atoms with E-state index in [1.807, 2.05) is 13.0 Å². The molecule has 1 aliphatic carbocycles. The van der Waals surface area contributed by atoms with E-state index in [2.05, 4.69) is 54.1 Å². The number of aliphatic carboxylic acids is 1. The maximum atomic E-state index is 9.87. The number of H-pyrrole nitrogens is 1. The van der Waals surface area contributed by atoms with Crippen LogP contribution in [0, 0.1) is 6.92 Å². The SMILES string of the molecule is CCCCCC(=O)O.CCOc1cccc(C2C=Cc3[nH]c(C)c(C4CCN5CCCC5C4)c3C2=S)c1. The average molecular weight is 523 g/mol. The average Bonchev–Trinajstić information content (AvgIpc) is 3.48. The van der Waals surface area contributed by atoms with E-state index in [-0.39, 0.29) is 5.92 Å². The molecule has 0 amide bonds. The molecule has 2 saturated heterocycles. The van der Waals surface area contributed by atoms with Crippen LogP contribution in [0.25, 0.3) is 6.08 Å². The van der Waals surface area contributed by atoms with E-state index in [9.17, 15) is 4.79 Å². The number of thiocarbonyl (C=S) groups is 1. The molecule has 2 fully saturated rings. The number of rotatable bonds is 8. The molecule has 3 aliphatic rings. The van der Waals surface area contributed by atoms with Crippen LogP contribution in [0.5, 0.6) is 5.75 Å². The predicted molar refractivity (Wildman–Crippen MR) is 155 cm³/mol. The first-order valence-corrected chi connectivity index (χ1v) is 14.5. The summed E-state index contributed by atoms with van der Waals surface area (Å²) in [6.45, 7) is 9.52. The number of aryl methyl sites for hydroxylation is 1. The largest absolute Gasteiger partial charge is 0.494 e. The minimum atomic E-state index is -0.682. The van der Waals surface area contributed by atoms with Crippen LogP contribution in [0.1, 0.15) is 105 Å². The van der Waals surface area contributed by atoms with Gasteiger partial charge in [0, 0.05) is 40.2 Å². The molecule has 5 rings (SSSR count). The molecule has 5 nitrogen and oxygen atoms in total. The van der Waals surface area contributed by atoms with Gasteiger partial charge in [0.15, 0.2) is 0 Å². The summed E-state index contributed by atoms with van der Waals surface area (Å²) in [4.78, 5) is 17.3. The first-order chi connectivity index (χ1) is 17.9. The summed E-state index contributed by atoms with van der Waals surface area (Å²) < 4.78 is 5.73. The Hall–Kier alpha value is -2.44. The number of benzene rings is 1. The summed E-state index contributed by atoms with van der Waals surface area (Å²) in [5.41, 5.74) is 6.53. The molecule has 1 aromatic carbocycles. The van der Waals surface area contributed by atoms with Gasteiger partial charge in [-0.2, -0.15) is 0 Å². The Morgan fingerprint density at radius 2 is 2.05 bits per heavy atom. The lowest BCUT2D eigenvalue weighted by Gasteiger charge is -2.36. The fourth-order valence-electron chi connectivity index (χ4n) is 6.24. The van der Waals surface area contributed by atoms with Crippen LogP contribution in [0.3, 0.4) is 0 Å². The molecule has 0 spiro atoms. The summed E-state index contributed by atoms with van der Waals surface area (Å²) in [5.74, 6) is 0.997. The predicted octanol–water partition coefficient (Wildman–Crippen LogP) is 7.24. The monoisotopic (exact) mass is 522 g/mol. The maximum Gasteiger partial charge on any atom is 0.303 e. The lowest BCUT2D eigenvalue weighted by atomic mass is 9.79. The van der Waals surface area contributed by atoms with Crippen molar-refractivity contribution in [2.75, 3.05) is 19.7 Å². The molecule has 0 radical (unpaired) electrons. The Morgan fingerprint density at radius 3 is 2.81 bits per heavy atom. The fourth-order valence-corrected chi connectivity index (χ4v) is 6.67.